The van der Waals surface area contributed by atoms with E-state index in [1.54, 1.807) is 6.33 Å². The predicted octanol–water partition coefficient (Wildman–Crippen LogP) is 4.15. The molecule has 150 valence electrons. The van der Waals surface area contributed by atoms with Gasteiger partial charge in [0.25, 0.3) is 0 Å². The summed E-state index contributed by atoms with van der Waals surface area (Å²) in [7, 11) is 2.18. The summed E-state index contributed by atoms with van der Waals surface area (Å²) in [5, 5.41) is 6.81. The monoisotopic (exact) mass is 388 g/mol. The number of hydrogen-bond donors (Lipinski definition) is 2. The normalized spacial score (nSPS) is 15.7. The van der Waals surface area contributed by atoms with Crippen LogP contribution in [-0.4, -0.2) is 48.1 Å². The number of nitrogens with one attached hydrogen (secondary N) is 2. The molecule has 1 aliphatic heterocycles. The fourth-order valence-electron chi connectivity index (χ4n) is 3.52. The van der Waals surface area contributed by atoms with Gasteiger partial charge in [0, 0.05) is 49.7 Å². The van der Waals surface area contributed by atoms with Crippen LogP contribution in [0.4, 0.5) is 23.0 Å². The predicted molar refractivity (Wildman–Crippen MR) is 120 cm³/mol. The molecule has 0 amide bonds. The van der Waals surface area contributed by atoms with E-state index in [2.05, 4.69) is 80.8 Å². The van der Waals surface area contributed by atoms with Crippen molar-refractivity contribution in [1.82, 2.24) is 14.9 Å². The van der Waals surface area contributed by atoms with Crippen molar-refractivity contribution in [2.24, 2.45) is 0 Å². The summed E-state index contributed by atoms with van der Waals surface area (Å²) >= 11 is 0. The minimum Gasteiger partial charge on any atom is -0.369 e. The quantitative estimate of drug-likeness (QED) is 0.662. The maximum atomic E-state index is 4.36. The van der Waals surface area contributed by atoms with E-state index in [1.807, 2.05) is 24.3 Å². The SMILES string of the molecule is CC(Nc1cc(Nc2ccc(N3CCN(C)CC3)cc2)ncn1)c1ccccc1. The Balaban J connectivity index is 1.39. The molecule has 1 unspecified atom stereocenters. The minimum absolute atomic E-state index is 0.168. The Morgan fingerprint density at radius 3 is 2.28 bits per heavy atom. The molecule has 4 rings (SSSR count). The summed E-state index contributed by atoms with van der Waals surface area (Å²) in [5.74, 6) is 1.57. The molecule has 1 saturated heterocycles. The lowest BCUT2D eigenvalue weighted by Crippen LogP contribution is -2.44. The third kappa shape index (κ3) is 5.03. The van der Waals surface area contributed by atoms with Crippen molar-refractivity contribution in [2.45, 2.75) is 13.0 Å². The Kier molecular flexibility index (Phi) is 5.91. The lowest BCUT2D eigenvalue weighted by atomic mass is 10.1. The van der Waals surface area contributed by atoms with E-state index in [9.17, 15) is 0 Å². The second kappa shape index (κ2) is 8.92. The van der Waals surface area contributed by atoms with Gasteiger partial charge in [0.2, 0.25) is 0 Å². The molecule has 0 bridgehead atoms. The second-order valence-corrected chi connectivity index (χ2v) is 7.53. The smallest absolute Gasteiger partial charge is 0.135 e. The van der Waals surface area contributed by atoms with E-state index < -0.39 is 0 Å². The molecule has 1 aromatic heterocycles. The van der Waals surface area contributed by atoms with Crippen LogP contribution >= 0.6 is 0 Å². The molecule has 6 heteroatoms. The van der Waals surface area contributed by atoms with Crippen molar-refractivity contribution in [3.8, 4) is 0 Å². The number of nitrogens with zero attached hydrogens (tertiary/aromatic N) is 4. The van der Waals surface area contributed by atoms with Crippen LogP contribution in [0.1, 0.15) is 18.5 Å². The van der Waals surface area contributed by atoms with Crippen LogP contribution in [0, 0.1) is 0 Å². The first-order chi connectivity index (χ1) is 14.2. The molecule has 2 heterocycles. The Morgan fingerprint density at radius 1 is 0.862 bits per heavy atom. The van der Waals surface area contributed by atoms with Gasteiger partial charge in [-0.15, -0.1) is 0 Å². The molecule has 6 nitrogen and oxygen atoms in total. The minimum atomic E-state index is 0.168. The van der Waals surface area contributed by atoms with Gasteiger partial charge in [0.1, 0.15) is 18.0 Å². The first-order valence-corrected chi connectivity index (χ1v) is 10.1. The molecular formula is C23H28N6. The standard InChI is InChI=1S/C23H28N6/c1-18(19-6-4-3-5-7-19)26-22-16-23(25-17-24-22)27-20-8-10-21(11-9-20)29-14-12-28(2)13-15-29/h3-11,16-18H,12-15H2,1-2H3,(H2,24,25,26,27). The van der Waals surface area contributed by atoms with Crippen molar-refractivity contribution < 1.29 is 0 Å². The third-order valence-electron chi connectivity index (χ3n) is 5.34. The molecule has 29 heavy (non-hydrogen) atoms. The van der Waals surface area contributed by atoms with E-state index in [-0.39, 0.29) is 6.04 Å². The van der Waals surface area contributed by atoms with Crippen LogP contribution < -0.4 is 15.5 Å². The number of anilines is 4. The van der Waals surface area contributed by atoms with Crippen molar-refractivity contribution in [3.05, 3.63) is 72.6 Å². The zero-order valence-electron chi connectivity index (χ0n) is 17.0. The highest BCUT2D eigenvalue weighted by atomic mass is 15.2. The Bertz CT molecular complexity index is 904. The Hall–Kier alpha value is -3.12. The Labute approximate surface area is 172 Å². The van der Waals surface area contributed by atoms with Crippen LogP contribution in [0.25, 0.3) is 0 Å². The topological polar surface area (TPSA) is 56.3 Å². The van der Waals surface area contributed by atoms with E-state index in [0.717, 1.165) is 43.5 Å². The second-order valence-electron chi connectivity index (χ2n) is 7.53. The average Bonchev–Trinajstić information content (AvgIpc) is 2.76. The molecule has 0 saturated carbocycles. The number of rotatable bonds is 6. The number of hydrogen-bond acceptors (Lipinski definition) is 6. The van der Waals surface area contributed by atoms with E-state index in [4.69, 9.17) is 0 Å². The maximum absolute atomic E-state index is 4.36. The fourth-order valence-corrected chi connectivity index (χ4v) is 3.52. The summed E-state index contributed by atoms with van der Waals surface area (Å²) in [6.07, 6.45) is 1.58. The third-order valence-corrected chi connectivity index (χ3v) is 5.34. The highest BCUT2D eigenvalue weighted by Crippen LogP contribution is 2.23. The van der Waals surface area contributed by atoms with E-state index in [0.29, 0.717) is 0 Å². The van der Waals surface area contributed by atoms with Gasteiger partial charge in [-0.25, -0.2) is 9.97 Å². The molecular weight excluding hydrogens is 360 g/mol. The molecule has 2 aromatic carbocycles. The van der Waals surface area contributed by atoms with Gasteiger partial charge in [-0.05, 0) is 43.8 Å². The van der Waals surface area contributed by atoms with E-state index in [1.165, 1.54) is 11.3 Å². The lowest BCUT2D eigenvalue weighted by Gasteiger charge is -2.34. The van der Waals surface area contributed by atoms with Crippen molar-refractivity contribution in [3.63, 3.8) is 0 Å². The van der Waals surface area contributed by atoms with Crippen LogP contribution in [0.2, 0.25) is 0 Å². The number of aromatic nitrogens is 2. The first kappa shape index (κ1) is 19.2. The highest BCUT2D eigenvalue weighted by Gasteiger charge is 2.14. The highest BCUT2D eigenvalue weighted by molar-refractivity contribution is 5.62. The van der Waals surface area contributed by atoms with Gasteiger partial charge in [0.15, 0.2) is 0 Å². The van der Waals surface area contributed by atoms with Gasteiger partial charge < -0.3 is 20.4 Å². The molecule has 0 aliphatic carbocycles. The molecule has 3 aromatic rings. The van der Waals surface area contributed by atoms with Crippen LogP contribution in [0.15, 0.2) is 67.0 Å². The van der Waals surface area contributed by atoms with Gasteiger partial charge in [0.05, 0.1) is 0 Å². The van der Waals surface area contributed by atoms with Crippen LogP contribution in [-0.2, 0) is 0 Å². The van der Waals surface area contributed by atoms with Gasteiger partial charge >= 0.3 is 0 Å². The summed E-state index contributed by atoms with van der Waals surface area (Å²) < 4.78 is 0. The summed E-state index contributed by atoms with van der Waals surface area (Å²) in [5.41, 5.74) is 3.51. The molecule has 1 fully saturated rings. The van der Waals surface area contributed by atoms with Crippen molar-refractivity contribution in [2.75, 3.05) is 48.8 Å². The molecule has 0 radical (unpaired) electrons. The zero-order valence-corrected chi connectivity index (χ0v) is 17.0. The fraction of sp³-hybridized carbons (Fsp3) is 0.304. The molecule has 2 N–H and O–H groups in total. The summed E-state index contributed by atoms with van der Waals surface area (Å²) in [6, 6.07) is 21.0. The first-order valence-electron chi connectivity index (χ1n) is 10.1. The number of likely N-dealkylation sites (N-methyl/N-ethyl adjacent to an activating group) is 1. The Morgan fingerprint density at radius 2 is 1.55 bits per heavy atom. The lowest BCUT2D eigenvalue weighted by molar-refractivity contribution is 0.313. The average molecular weight is 389 g/mol. The van der Waals surface area contributed by atoms with Gasteiger partial charge in [-0.1, -0.05) is 30.3 Å². The summed E-state index contributed by atoms with van der Waals surface area (Å²) in [6.45, 7) is 6.49. The number of benzene rings is 2. The van der Waals surface area contributed by atoms with Crippen LogP contribution in [0.3, 0.4) is 0 Å². The summed E-state index contributed by atoms with van der Waals surface area (Å²) in [4.78, 5) is 13.5. The molecule has 1 atom stereocenters. The number of piperazine rings is 1. The molecule has 0 spiro atoms. The van der Waals surface area contributed by atoms with Crippen molar-refractivity contribution >= 4 is 23.0 Å². The molecule has 1 aliphatic rings. The maximum Gasteiger partial charge on any atom is 0.135 e. The van der Waals surface area contributed by atoms with Crippen molar-refractivity contribution in [1.29, 1.82) is 0 Å². The van der Waals surface area contributed by atoms with Crippen LogP contribution in [0.5, 0.6) is 0 Å². The largest absolute Gasteiger partial charge is 0.369 e. The van der Waals surface area contributed by atoms with Gasteiger partial charge in [-0.3, -0.25) is 0 Å². The zero-order chi connectivity index (χ0) is 20.1. The van der Waals surface area contributed by atoms with Gasteiger partial charge in [-0.2, -0.15) is 0 Å². The van der Waals surface area contributed by atoms with E-state index >= 15 is 0 Å².